The molecule has 0 fully saturated rings. The summed E-state index contributed by atoms with van der Waals surface area (Å²) in [6, 6.07) is 8.96. The second-order valence-electron chi connectivity index (χ2n) is 7.48. The largest absolute Gasteiger partial charge is 0.493 e. The zero-order chi connectivity index (χ0) is 23.3. The normalized spacial score (nSPS) is 10.6. The smallest absolute Gasteiger partial charge is 0.295 e. The van der Waals surface area contributed by atoms with Crippen molar-refractivity contribution in [1.82, 2.24) is 0 Å². The van der Waals surface area contributed by atoms with Crippen molar-refractivity contribution >= 4 is 22.7 Å². The van der Waals surface area contributed by atoms with Crippen LogP contribution in [0.2, 0.25) is 0 Å². The summed E-state index contributed by atoms with van der Waals surface area (Å²) in [5.41, 5.74) is 11.1. The van der Waals surface area contributed by atoms with Gasteiger partial charge in [-0.15, -0.1) is 0 Å². The van der Waals surface area contributed by atoms with Crippen molar-refractivity contribution in [1.29, 1.82) is 0 Å². The Labute approximate surface area is 186 Å². The average Bonchev–Trinajstić information content (AvgIpc) is 2.76. The lowest BCUT2D eigenvalue weighted by Gasteiger charge is -2.08. The first-order valence-electron chi connectivity index (χ1n) is 10.7. The number of anilines is 2. The molecule has 0 aliphatic carbocycles. The third-order valence-corrected chi connectivity index (χ3v) is 4.97. The van der Waals surface area contributed by atoms with Crippen molar-refractivity contribution < 1.29 is 19.3 Å². The zero-order valence-corrected chi connectivity index (χ0v) is 18.0. The standard InChI is InChI=1S/C22H30N4O6/c23-19-11-9-17(15-21(19)25(27)28)31-13-7-5-3-1-2-4-6-8-14-32-18-10-12-20(24)22(16-18)26(29)30/h9-12,15-16H,1-8,13-14,23-24H2. The number of hydrogen-bond donors (Lipinski definition) is 2. The van der Waals surface area contributed by atoms with Gasteiger partial charge in [0.05, 0.1) is 35.2 Å². The van der Waals surface area contributed by atoms with Crippen LogP contribution in [0.5, 0.6) is 11.5 Å². The van der Waals surface area contributed by atoms with E-state index in [0.29, 0.717) is 24.7 Å². The molecule has 0 aliphatic heterocycles. The van der Waals surface area contributed by atoms with E-state index in [2.05, 4.69) is 0 Å². The van der Waals surface area contributed by atoms with E-state index in [1.54, 1.807) is 12.1 Å². The summed E-state index contributed by atoms with van der Waals surface area (Å²) in [5, 5.41) is 21.8. The molecule has 2 aromatic carbocycles. The molecule has 0 saturated heterocycles. The number of nitrogens with two attached hydrogens (primary N) is 2. The Morgan fingerprint density at radius 1 is 0.625 bits per heavy atom. The van der Waals surface area contributed by atoms with Crippen LogP contribution in [0.15, 0.2) is 36.4 Å². The summed E-state index contributed by atoms with van der Waals surface area (Å²) < 4.78 is 11.1. The van der Waals surface area contributed by atoms with Crippen molar-refractivity contribution in [3.63, 3.8) is 0 Å². The molecule has 0 aromatic heterocycles. The van der Waals surface area contributed by atoms with Gasteiger partial charge in [-0.3, -0.25) is 20.2 Å². The van der Waals surface area contributed by atoms with Gasteiger partial charge in [0.2, 0.25) is 0 Å². The first kappa shape index (κ1) is 24.7. The van der Waals surface area contributed by atoms with Gasteiger partial charge >= 0.3 is 0 Å². The Bertz CT molecular complexity index is 832. The van der Waals surface area contributed by atoms with E-state index in [1.807, 2.05) is 0 Å². The maximum absolute atomic E-state index is 10.9. The molecule has 2 rings (SSSR count). The molecule has 10 heteroatoms. The summed E-state index contributed by atoms with van der Waals surface area (Å²) in [6.07, 6.45) is 8.34. The molecule has 4 N–H and O–H groups in total. The Balaban J connectivity index is 1.47. The number of nitrogens with zero attached hydrogens (tertiary/aromatic N) is 2. The van der Waals surface area contributed by atoms with Crippen LogP contribution in [0.1, 0.15) is 51.4 Å². The molecule has 0 atom stereocenters. The molecule has 2 aromatic rings. The highest BCUT2D eigenvalue weighted by molar-refractivity contribution is 5.61. The molecular formula is C22H30N4O6. The van der Waals surface area contributed by atoms with Crippen LogP contribution in [0.4, 0.5) is 22.7 Å². The van der Waals surface area contributed by atoms with Crippen molar-refractivity contribution in [2.75, 3.05) is 24.7 Å². The van der Waals surface area contributed by atoms with E-state index in [0.717, 1.165) is 51.4 Å². The average molecular weight is 447 g/mol. The molecule has 0 unspecified atom stereocenters. The third-order valence-electron chi connectivity index (χ3n) is 4.97. The van der Waals surface area contributed by atoms with E-state index < -0.39 is 9.85 Å². The predicted octanol–water partition coefficient (Wildman–Crippen LogP) is 5.25. The van der Waals surface area contributed by atoms with Gasteiger partial charge in [-0.2, -0.15) is 0 Å². The molecule has 0 radical (unpaired) electrons. The van der Waals surface area contributed by atoms with Gasteiger partial charge in [-0.25, -0.2) is 0 Å². The maximum atomic E-state index is 10.9. The number of benzene rings is 2. The monoisotopic (exact) mass is 446 g/mol. The van der Waals surface area contributed by atoms with Gasteiger partial charge in [-0.05, 0) is 37.1 Å². The third kappa shape index (κ3) is 8.29. The molecule has 174 valence electrons. The number of unbranched alkanes of at least 4 members (excludes halogenated alkanes) is 7. The highest BCUT2D eigenvalue weighted by atomic mass is 16.6. The lowest BCUT2D eigenvalue weighted by atomic mass is 10.1. The highest BCUT2D eigenvalue weighted by Crippen LogP contribution is 2.27. The van der Waals surface area contributed by atoms with Crippen LogP contribution in [0, 0.1) is 20.2 Å². The molecule has 0 spiro atoms. The molecule has 0 aliphatic rings. The summed E-state index contributed by atoms with van der Waals surface area (Å²) in [7, 11) is 0. The van der Waals surface area contributed by atoms with Gasteiger partial charge in [0.25, 0.3) is 11.4 Å². The first-order chi connectivity index (χ1) is 15.4. The molecular weight excluding hydrogens is 416 g/mol. The number of rotatable bonds is 15. The lowest BCUT2D eigenvalue weighted by Crippen LogP contribution is -2.00. The van der Waals surface area contributed by atoms with Crippen LogP contribution < -0.4 is 20.9 Å². The summed E-state index contributed by atoms with van der Waals surface area (Å²) in [6.45, 7) is 1.03. The lowest BCUT2D eigenvalue weighted by molar-refractivity contribution is -0.384. The van der Waals surface area contributed by atoms with Gasteiger partial charge in [0.1, 0.15) is 22.9 Å². The Morgan fingerprint density at radius 2 is 0.969 bits per heavy atom. The van der Waals surface area contributed by atoms with Crippen molar-refractivity contribution in [2.24, 2.45) is 0 Å². The fourth-order valence-corrected chi connectivity index (χ4v) is 3.19. The second-order valence-corrected chi connectivity index (χ2v) is 7.48. The number of nitro groups is 2. The summed E-state index contributed by atoms with van der Waals surface area (Å²) in [4.78, 5) is 20.7. The number of ether oxygens (including phenoxy) is 2. The molecule has 0 amide bonds. The van der Waals surface area contributed by atoms with Crippen molar-refractivity contribution in [2.45, 2.75) is 51.4 Å². The molecule has 0 saturated carbocycles. The van der Waals surface area contributed by atoms with Crippen LogP contribution in [-0.2, 0) is 0 Å². The van der Waals surface area contributed by atoms with E-state index in [4.69, 9.17) is 20.9 Å². The Kier molecular flexibility index (Phi) is 10.0. The van der Waals surface area contributed by atoms with Gasteiger partial charge in [0, 0.05) is 0 Å². The van der Waals surface area contributed by atoms with Crippen molar-refractivity contribution in [3.05, 3.63) is 56.6 Å². The van der Waals surface area contributed by atoms with E-state index >= 15 is 0 Å². The molecule has 10 nitrogen and oxygen atoms in total. The maximum Gasteiger partial charge on any atom is 0.295 e. The quantitative estimate of drug-likeness (QED) is 0.163. The Morgan fingerprint density at radius 3 is 1.31 bits per heavy atom. The van der Waals surface area contributed by atoms with Gasteiger partial charge < -0.3 is 20.9 Å². The van der Waals surface area contributed by atoms with Crippen LogP contribution in [-0.4, -0.2) is 23.1 Å². The number of nitro benzene ring substituents is 2. The van der Waals surface area contributed by atoms with E-state index in [-0.39, 0.29) is 22.7 Å². The fraction of sp³-hybridized carbons (Fsp3) is 0.455. The van der Waals surface area contributed by atoms with Crippen LogP contribution in [0.25, 0.3) is 0 Å². The van der Waals surface area contributed by atoms with Gasteiger partial charge in [-0.1, -0.05) is 38.5 Å². The van der Waals surface area contributed by atoms with Crippen LogP contribution >= 0.6 is 0 Å². The van der Waals surface area contributed by atoms with Crippen LogP contribution in [0.3, 0.4) is 0 Å². The summed E-state index contributed by atoms with van der Waals surface area (Å²) in [5.74, 6) is 0.920. The second kappa shape index (κ2) is 13.0. The molecule has 0 heterocycles. The topological polar surface area (TPSA) is 157 Å². The number of nitrogen functional groups attached to an aromatic ring is 2. The SMILES string of the molecule is Nc1ccc(OCCCCCCCCCCOc2ccc(N)c([N+](=O)[O-])c2)cc1[N+](=O)[O-]. The predicted molar refractivity (Wildman–Crippen MR) is 123 cm³/mol. The fourth-order valence-electron chi connectivity index (χ4n) is 3.19. The molecule has 0 bridgehead atoms. The summed E-state index contributed by atoms with van der Waals surface area (Å²) >= 11 is 0. The van der Waals surface area contributed by atoms with E-state index in [9.17, 15) is 20.2 Å². The van der Waals surface area contributed by atoms with Crippen molar-refractivity contribution in [3.8, 4) is 11.5 Å². The highest BCUT2D eigenvalue weighted by Gasteiger charge is 2.13. The minimum atomic E-state index is -0.516. The minimum absolute atomic E-state index is 0.128. The van der Waals surface area contributed by atoms with E-state index in [1.165, 1.54) is 24.3 Å². The molecule has 32 heavy (non-hydrogen) atoms. The first-order valence-corrected chi connectivity index (χ1v) is 10.7. The minimum Gasteiger partial charge on any atom is -0.493 e. The number of hydrogen-bond acceptors (Lipinski definition) is 8. The van der Waals surface area contributed by atoms with Gasteiger partial charge in [0.15, 0.2) is 0 Å². The zero-order valence-electron chi connectivity index (χ0n) is 18.0. The Hall–Kier alpha value is -3.56.